The number of phenolic OH excluding ortho intramolecular Hbond substituents is 1. The first kappa shape index (κ1) is 19.2. The number of nitrogens with zero attached hydrogens (tertiary/aromatic N) is 2. The lowest BCUT2D eigenvalue weighted by Gasteiger charge is -2.08. The molecule has 2 aromatic carbocycles. The number of rotatable bonds is 8. The van der Waals surface area contributed by atoms with Gasteiger partial charge >= 0.3 is 0 Å². The van der Waals surface area contributed by atoms with E-state index in [0.29, 0.717) is 18.1 Å². The lowest BCUT2D eigenvalue weighted by atomic mass is 10.1. The van der Waals surface area contributed by atoms with Gasteiger partial charge in [0, 0.05) is 13.5 Å². The van der Waals surface area contributed by atoms with E-state index in [0.717, 1.165) is 16.8 Å². The molecular formula is C22H22N2O4. The van der Waals surface area contributed by atoms with Crippen LogP contribution in [0.1, 0.15) is 16.8 Å². The SMILES string of the molecule is COc1ccc(/C=C/C(=O)Cc2cccc(OCc3cncn3C)c2)cc1O. The second-order valence-corrected chi connectivity index (χ2v) is 6.34. The molecule has 3 rings (SSSR count). The number of aromatic hydroxyl groups is 1. The summed E-state index contributed by atoms with van der Waals surface area (Å²) in [4.78, 5) is 16.3. The molecule has 1 heterocycles. The molecule has 0 aliphatic rings. The first-order chi connectivity index (χ1) is 13.5. The lowest BCUT2D eigenvalue weighted by molar-refractivity contribution is -0.113. The summed E-state index contributed by atoms with van der Waals surface area (Å²) < 4.78 is 12.7. The van der Waals surface area contributed by atoms with Gasteiger partial charge in [-0.05, 0) is 41.5 Å². The Balaban J connectivity index is 1.59. The number of allylic oxidation sites excluding steroid dienone is 1. The van der Waals surface area contributed by atoms with Crippen LogP contribution in [0, 0.1) is 0 Å². The van der Waals surface area contributed by atoms with Gasteiger partial charge in [0.15, 0.2) is 17.3 Å². The number of carbonyl (C=O) groups excluding carboxylic acids is 1. The minimum absolute atomic E-state index is 0.0374. The predicted molar refractivity (Wildman–Crippen MR) is 106 cm³/mol. The van der Waals surface area contributed by atoms with Gasteiger partial charge < -0.3 is 19.1 Å². The summed E-state index contributed by atoms with van der Waals surface area (Å²) in [6, 6.07) is 12.5. The van der Waals surface area contributed by atoms with Crippen molar-refractivity contribution in [3.05, 3.63) is 77.9 Å². The number of hydrogen-bond donors (Lipinski definition) is 1. The molecule has 0 aliphatic heterocycles. The zero-order valence-electron chi connectivity index (χ0n) is 15.8. The molecule has 0 saturated carbocycles. The minimum atomic E-state index is -0.0425. The van der Waals surface area contributed by atoms with E-state index in [-0.39, 0.29) is 18.0 Å². The van der Waals surface area contributed by atoms with Gasteiger partial charge in [0.1, 0.15) is 12.4 Å². The number of carbonyl (C=O) groups is 1. The number of hydrogen-bond acceptors (Lipinski definition) is 5. The summed E-state index contributed by atoms with van der Waals surface area (Å²) in [5.41, 5.74) is 2.56. The molecule has 28 heavy (non-hydrogen) atoms. The molecule has 0 amide bonds. The van der Waals surface area contributed by atoms with Crippen molar-refractivity contribution in [2.45, 2.75) is 13.0 Å². The first-order valence-corrected chi connectivity index (χ1v) is 8.80. The third-order valence-corrected chi connectivity index (χ3v) is 4.24. The Kier molecular flexibility index (Phi) is 6.11. The molecule has 0 spiro atoms. The molecule has 6 heteroatoms. The van der Waals surface area contributed by atoms with Crippen LogP contribution in [0.4, 0.5) is 0 Å². The van der Waals surface area contributed by atoms with Crippen molar-refractivity contribution >= 4 is 11.9 Å². The molecule has 0 fully saturated rings. The molecule has 0 unspecified atom stereocenters. The molecular weight excluding hydrogens is 356 g/mol. The highest BCUT2D eigenvalue weighted by atomic mass is 16.5. The molecule has 0 bridgehead atoms. The van der Waals surface area contributed by atoms with Crippen LogP contribution in [0.15, 0.2) is 61.1 Å². The minimum Gasteiger partial charge on any atom is -0.504 e. The van der Waals surface area contributed by atoms with Crippen molar-refractivity contribution in [2.75, 3.05) is 7.11 Å². The van der Waals surface area contributed by atoms with Crippen molar-refractivity contribution < 1.29 is 19.4 Å². The third kappa shape index (κ3) is 5.01. The van der Waals surface area contributed by atoms with Gasteiger partial charge in [-0.3, -0.25) is 4.79 Å². The highest BCUT2D eigenvalue weighted by Gasteiger charge is 2.05. The summed E-state index contributed by atoms with van der Waals surface area (Å²) in [5, 5.41) is 9.80. The highest BCUT2D eigenvalue weighted by molar-refractivity contribution is 5.95. The van der Waals surface area contributed by atoms with E-state index in [1.165, 1.54) is 13.2 Å². The Bertz CT molecular complexity index is 992. The topological polar surface area (TPSA) is 73.6 Å². The monoisotopic (exact) mass is 378 g/mol. The second-order valence-electron chi connectivity index (χ2n) is 6.34. The number of ketones is 1. The van der Waals surface area contributed by atoms with Crippen molar-refractivity contribution in [2.24, 2.45) is 7.05 Å². The van der Waals surface area contributed by atoms with Crippen LogP contribution in [-0.2, 0) is 24.9 Å². The highest BCUT2D eigenvalue weighted by Crippen LogP contribution is 2.26. The van der Waals surface area contributed by atoms with Gasteiger partial charge in [0.2, 0.25) is 0 Å². The zero-order chi connectivity index (χ0) is 19.9. The van der Waals surface area contributed by atoms with Gasteiger partial charge in [0.25, 0.3) is 0 Å². The van der Waals surface area contributed by atoms with Gasteiger partial charge in [-0.2, -0.15) is 0 Å². The van der Waals surface area contributed by atoms with Gasteiger partial charge in [0.05, 0.1) is 25.3 Å². The van der Waals surface area contributed by atoms with Crippen molar-refractivity contribution in [1.29, 1.82) is 0 Å². The maximum atomic E-state index is 12.3. The molecule has 144 valence electrons. The molecule has 0 atom stereocenters. The van der Waals surface area contributed by atoms with Crippen LogP contribution in [0.25, 0.3) is 6.08 Å². The third-order valence-electron chi connectivity index (χ3n) is 4.24. The average Bonchev–Trinajstić information content (AvgIpc) is 3.10. The molecule has 1 N–H and O–H groups in total. The van der Waals surface area contributed by atoms with E-state index in [2.05, 4.69) is 4.98 Å². The molecule has 1 aromatic heterocycles. The van der Waals surface area contributed by atoms with Crippen molar-refractivity contribution in [3.63, 3.8) is 0 Å². The van der Waals surface area contributed by atoms with Crippen LogP contribution in [0.5, 0.6) is 17.2 Å². The van der Waals surface area contributed by atoms with Crippen LogP contribution >= 0.6 is 0 Å². The number of aromatic nitrogens is 2. The summed E-state index contributed by atoms with van der Waals surface area (Å²) in [7, 11) is 3.40. The van der Waals surface area contributed by atoms with Crippen molar-refractivity contribution in [1.82, 2.24) is 9.55 Å². The summed E-state index contributed by atoms with van der Waals surface area (Å²) in [6.45, 7) is 0.411. The predicted octanol–water partition coefficient (Wildman–Crippen LogP) is 3.54. The van der Waals surface area contributed by atoms with E-state index in [9.17, 15) is 9.90 Å². The normalized spacial score (nSPS) is 10.9. The van der Waals surface area contributed by atoms with Gasteiger partial charge in [-0.25, -0.2) is 4.98 Å². The Morgan fingerprint density at radius 1 is 1.25 bits per heavy atom. The standard InChI is InChI=1S/C22H22N2O4/c1-24-15-23-13-18(24)14-28-20-5-3-4-17(11-20)10-19(25)8-6-16-7-9-22(27-2)21(26)12-16/h3-9,11-13,15,26H,10,14H2,1-2H3/b8-6+. The quantitative estimate of drug-likeness (QED) is 0.607. The molecule has 6 nitrogen and oxygen atoms in total. The van der Waals surface area contributed by atoms with Crippen molar-refractivity contribution in [3.8, 4) is 17.2 Å². The Morgan fingerprint density at radius 3 is 2.82 bits per heavy atom. The van der Waals surface area contributed by atoms with E-state index >= 15 is 0 Å². The molecule has 0 saturated heterocycles. The van der Waals surface area contributed by atoms with Crippen LogP contribution in [0.2, 0.25) is 0 Å². The zero-order valence-corrected chi connectivity index (χ0v) is 15.8. The first-order valence-electron chi connectivity index (χ1n) is 8.80. The number of benzene rings is 2. The average molecular weight is 378 g/mol. The van der Waals surface area contributed by atoms with E-state index in [4.69, 9.17) is 9.47 Å². The fourth-order valence-electron chi connectivity index (χ4n) is 2.69. The summed E-state index contributed by atoms with van der Waals surface area (Å²) in [6.07, 6.45) is 6.92. The number of phenols is 1. The summed E-state index contributed by atoms with van der Waals surface area (Å²) >= 11 is 0. The number of aryl methyl sites for hydroxylation is 1. The molecule has 3 aromatic rings. The second kappa shape index (κ2) is 8.90. The van der Waals surface area contributed by atoms with Gasteiger partial charge in [-0.15, -0.1) is 0 Å². The Labute approximate surface area is 163 Å². The molecule has 0 radical (unpaired) electrons. The van der Waals surface area contributed by atoms with E-state index in [1.54, 1.807) is 36.8 Å². The number of imidazole rings is 1. The van der Waals surface area contributed by atoms with E-state index < -0.39 is 0 Å². The maximum absolute atomic E-state index is 12.3. The lowest BCUT2D eigenvalue weighted by Crippen LogP contribution is -2.02. The maximum Gasteiger partial charge on any atom is 0.160 e. The summed E-state index contributed by atoms with van der Waals surface area (Å²) in [5.74, 6) is 1.09. The van der Waals surface area contributed by atoms with Crippen LogP contribution in [-0.4, -0.2) is 27.6 Å². The largest absolute Gasteiger partial charge is 0.504 e. The molecule has 0 aliphatic carbocycles. The number of methoxy groups -OCH3 is 1. The Hall–Kier alpha value is -3.54. The van der Waals surface area contributed by atoms with Crippen LogP contribution in [0.3, 0.4) is 0 Å². The fraction of sp³-hybridized carbons (Fsp3) is 0.182. The fourth-order valence-corrected chi connectivity index (χ4v) is 2.69. The van der Waals surface area contributed by atoms with Crippen LogP contribution < -0.4 is 9.47 Å². The van der Waals surface area contributed by atoms with E-state index in [1.807, 2.05) is 35.9 Å². The van der Waals surface area contributed by atoms with Gasteiger partial charge in [-0.1, -0.05) is 24.3 Å². The number of ether oxygens (including phenoxy) is 2. The Morgan fingerprint density at radius 2 is 2.11 bits per heavy atom. The smallest absolute Gasteiger partial charge is 0.160 e.